The summed E-state index contributed by atoms with van der Waals surface area (Å²) in [6.07, 6.45) is 4.55. The van der Waals surface area contributed by atoms with Crippen molar-refractivity contribution in [1.82, 2.24) is 24.7 Å². The minimum Gasteiger partial charge on any atom is -0.349 e. The maximum Gasteiger partial charge on any atom is 0.220 e. The fourth-order valence-electron chi connectivity index (χ4n) is 5.13. The molecule has 2 aliphatic rings. The molecule has 3 heterocycles. The Hall–Kier alpha value is -2.67. The molecule has 2 fully saturated rings. The maximum atomic E-state index is 12.6. The highest BCUT2D eigenvalue weighted by atomic mass is 16.2. The van der Waals surface area contributed by atoms with Crippen molar-refractivity contribution in [2.45, 2.75) is 38.4 Å². The predicted octanol–water partition coefficient (Wildman–Crippen LogP) is 1.72. The first-order valence-corrected chi connectivity index (χ1v) is 10.2. The molecule has 0 bridgehead atoms. The smallest absolute Gasteiger partial charge is 0.220 e. The number of carbonyl (C=O) groups is 2. The van der Waals surface area contributed by atoms with Crippen molar-refractivity contribution in [3.8, 4) is 0 Å². The van der Waals surface area contributed by atoms with Gasteiger partial charge < -0.3 is 14.8 Å². The zero-order valence-electron chi connectivity index (χ0n) is 17.3. The number of hydrogen-bond donors (Lipinski definition) is 1. The minimum absolute atomic E-state index is 0.0349. The van der Waals surface area contributed by atoms with E-state index in [9.17, 15) is 9.59 Å². The number of hydrogen-bond acceptors (Lipinski definition) is 4. The van der Waals surface area contributed by atoms with Crippen LogP contribution in [0.1, 0.15) is 37.6 Å². The van der Waals surface area contributed by atoms with Crippen LogP contribution in [-0.4, -0.2) is 56.3 Å². The Morgan fingerprint density at radius 2 is 2.00 bits per heavy atom. The zero-order chi connectivity index (χ0) is 20.6. The predicted molar refractivity (Wildman–Crippen MR) is 110 cm³/mol. The summed E-state index contributed by atoms with van der Waals surface area (Å²) in [5.41, 5.74) is 1.90. The normalized spacial score (nSPS) is 26.9. The lowest BCUT2D eigenvalue weighted by atomic mass is 9.75. The van der Waals surface area contributed by atoms with E-state index in [1.54, 1.807) is 13.8 Å². The van der Waals surface area contributed by atoms with Crippen LogP contribution >= 0.6 is 0 Å². The SMILES string of the molecule is CC(=O)N[C@@]12CCN(Cc3cncn3C)C[C@@H]1[C@@H](c1ccccc1)N(C(C)=O)C2. The van der Waals surface area contributed by atoms with Crippen LogP contribution in [0.5, 0.6) is 0 Å². The Bertz CT molecular complexity index is 896. The molecule has 154 valence electrons. The van der Waals surface area contributed by atoms with Gasteiger partial charge in [-0.15, -0.1) is 0 Å². The molecule has 2 amide bonds. The maximum absolute atomic E-state index is 12.6. The summed E-state index contributed by atoms with van der Waals surface area (Å²) < 4.78 is 2.04. The molecule has 29 heavy (non-hydrogen) atoms. The quantitative estimate of drug-likeness (QED) is 0.856. The van der Waals surface area contributed by atoms with Crippen molar-refractivity contribution in [1.29, 1.82) is 0 Å². The number of aromatic nitrogens is 2. The number of imidazole rings is 1. The first kappa shape index (κ1) is 19.6. The number of rotatable bonds is 4. The van der Waals surface area contributed by atoms with E-state index >= 15 is 0 Å². The summed E-state index contributed by atoms with van der Waals surface area (Å²) in [7, 11) is 2.01. The first-order valence-electron chi connectivity index (χ1n) is 10.2. The van der Waals surface area contributed by atoms with Gasteiger partial charge in [0.25, 0.3) is 0 Å². The summed E-state index contributed by atoms with van der Waals surface area (Å²) >= 11 is 0. The van der Waals surface area contributed by atoms with Gasteiger partial charge in [-0.3, -0.25) is 14.5 Å². The van der Waals surface area contributed by atoms with Crippen molar-refractivity contribution in [2.75, 3.05) is 19.6 Å². The second kappa shape index (κ2) is 7.63. The molecule has 0 spiro atoms. The molecular weight excluding hydrogens is 366 g/mol. The van der Waals surface area contributed by atoms with Crippen molar-refractivity contribution >= 4 is 11.8 Å². The van der Waals surface area contributed by atoms with Crippen LogP contribution in [0.25, 0.3) is 0 Å². The number of benzene rings is 1. The van der Waals surface area contributed by atoms with Crippen LogP contribution in [-0.2, 0) is 23.2 Å². The molecule has 7 heteroatoms. The highest BCUT2D eigenvalue weighted by molar-refractivity contribution is 5.77. The number of fused-ring (bicyclic) bond motifs is 1. The molecule has 1 N–H and O–H groups in total. The average Bonchev–Trinajstić information content (AvgIpc) is 3.23. The van der Waals surface area contributed by atoms with E-state index in [1.807, 2.05) is 47.2 Å². The molecule has 2 saturated heterocycles. The van der Waals surface area contributed by atoms with Gasteiger partial charge in [0.05, 0.1) is 23.6 Å². The largest absolute Gasteiger partial charge is 0.349 e. The summed E-state index contributed by atoms with van der Waals surface area (Å²) in [6.45, 7) is 6.25. The highest BCUT2D eigenvalue weighted by Crippen LogP contribution is 2.47. The third-order valence-electron chi connectivity index (χ3n) is 6.48. The molecule has 0 aliphatic carbocycles. The van der Waals surface area contributed by atoms with E-state index in [-0.39, 0.29) is 29.3 Å². The number of aryl methyl sites for hydroxylation is 1. The van der Waals surface area contributed by atoms with E-state index in [0.717, 1.165) is 37.3 Å². The molecule has 1 aromatic carbocycles. The van der Waals surface area contributed by atoms with Gasteiger partial charge in [-0.1, -0.05) is 30.3 Å². The first-order chi connectivity index (χ1) is 13.9. The van der Waals surface area contributed by atoms with Gasteiger partial charge in [0, 0.05) is 59.2 Å². The molecule has 2 aliphatic heterocycles. The third kappa shape index (κ3) is 3.67. The van der Waals surface area contributed by atoms with Gasteiger partial charge in [0.1, 0.15) is 0 Å². The van der Waals surface area contributed by atoms with Crippen LogP contribution in [0.2, 0.25) is 0 Å². The molecule has 1 aromatic heterocycles. The minimum atomic E-state index is -0.388. The number of carbonyl (C=O) groups excluding carboxylic acids is 2. The summed E-state index contributed by atoms with van der Waals surface area (Å²) in [6, 6.07) is 10.2. The van der Waals surface area contributed by atoms with E-state index in [1.165, 1.54) is 0 Å². The van der Waals surface area contributed by atoms with Crippen LogP contribution in [0.3, 0.4) is 0 Å². The molecule has 4 rings (SSSR count). The molecule has 2 aromatic rings. The van der Waals surface area contributed by atoms with E-state index in [2.05, 4.69) is 27.3 Å². The van der Waals surface area contributed by atoms with Crippen LogP contribution in [0.4, 0.5) is 0 Å². The third-order valence-corrected chi connectivity index (χ3v) is 6.48. The summed E-state index contributed by atoms with van der Waals surface area (Å²) in [5, 5.41) is 3.26. The van der Waals surface area contributed by atoms with Gasteiger partial charge in [0.2, 0.25) is 11.8 Å². The number of amides is 2. The Morgan fingerprint density at radius 3 is 2.62 bits per heavy atom. The van der Waals surface area contributed by atoms with E-state index in [4.69, 9.17) is 0 Å². The fourth-order valence-corrected chi connectivity index (χ4v) is 5.13. The average molecular weight is 396 g/mol. The van der Waals surface area contributed by atoms with Gasteiger partial charge in [-0.05, 0) is 12.0 Å². The second-order valence-electron chi connectivity index (χ2n) is 8.43. The molecule has 3 atom stereocenters. The van der Waals surface area contributed by atoms with Crippen molar-refractivity contribution in [3.05, 3.63) is 54.1 Å². The van der Waals surface area contributed by atoms with Crippen molar-refractivity contribution in [3.63, 3.8) is 0 Å². The fraction of sp³-hybridized carbons (Fsp3) is 0.500. The Morgan fingerprint density at radius 1 is 1.24 bits per heavy atom. The van der Waals surface area contributed by atoms with Gasteiger partial charge in [0.15, 0.2) is 0 Å². The lowest BCUT2D eigenvalue weighted by Gasteiger charge is -2.45. The van der Waals surface area contributed by atoms with Crippen molar-refractivity contribution in [2.24, 2.45) is 13.0 Å². The molecule has 0 saturated carbocycles. The zero-order valence-corrected chi connectivity index (χ0v) is 17.3. The lowest BCUT2D eigenvalue weighted by molar-refractivity contribution is -0.130. The monoisotopic (exact) mass is 395 g/mol. The topological polar surface area (TPSA) is 70.5 Å². The Labute approximate surface area is 171 Å². The summed E-state index contributed by atoms with van der Waals surface area (Å²) in [5.74, 6) is 0.142. The van der Waals surface area contributed by atoms with Crippen LogP contribution in [0, 0.1) is 5.92 Å². The van der Waals surface area contributed by atoms with Gasteiger partial charge in [-0.2, -0.15) is 0 Å². The highest BCUT2D eigenvalue weighted by Gasteiger charge is 2.56. The molecule has 0 radical (unpaired) electrons. The summed E-state index contributed by atoms with van der Waals surface area (Å²) in [4.78, 5) is 33.3. The Kier molecular flexibility index (Phi) is 5.17. The van der Waals surface area contributed by atoms with E-state index < -0.39 is 0 Å². The standard InChI is InChI=1S/C22H29N5O2/c1-16(28)24-22-9-10-26(12-19-11-23-15-25(19)3)13-20(22)21(27(14-22)17(2)29)18-7-5-4-6-8-18/h4-8,11,15,20-21H,9-10,12-14H2,1-3H3,(H,24,28)/t20-,21-,22-/m1/s1. The Balaban J connectivity index is 1.69. The van der Waals surface area contributed by atoms with Crippen LogP contribution < -0.4 is 5.32 Å². The van der Waals surface area contributed by atoms with Crippen LogP contribution in [0.15, 0.2) is 42.9 Å². The van der Waals surface area contributed by atoms with Gasteiger partial charge in [-0.25, -0.2) is 4.98 Å². The van der Waals surface area contributed by atoms with Crippen molar-refractivity contribution < 1.29 is 9.59 Å². The molecular formula is C22H29N5O2. The number of piperidine rings is 1. The molecule has 0 unspecified atom stereocenters. The molecule has 7 nitrogen and oxygen atoms in total. The van der Waals surface area contributed by atoms with Gasteiger partial charge >= 0.3 is 0 Å². The number of nitrogens with one attached hydrogen (secondary N) is 1. The lowest BCUT2D eigenvalue weighted by Crippen LogP contribution is -2.60. The van der Waals surface area contributed by atoms with E-state index in [0.29, 0.717) is 6.54 Å². The number of likely N-dealkylation sites (tertiary alicyclic amines) is 2. The number of nitrogens with zero attached hydrogens (tertiary/aromatic N) is 4. The second-order valence-corrected chi connectivity index (χ2v) is 8.43.